The fraction of sp³-hybridized carbons (Fsp3) is 0.158. The van der Waals surface area contributed by atoms with Crippen molar-refractivity contribution in [1.82, 2.24) is 0 Å². The van der Waals surface area contributed by atoms with Gasteiger partial charge in [0.15, 0.2) is 11.5 Å². The summed E-state index contributed by atoms with van der Waals surface area (Å²) in [7, 11) is 3.22. The fourth-order valence-corrected chi connectivity index (χ4v) is 2.82. The van der Waals surface area contributed by atoms with E-state index in [1.54, 1.807) is 20.3 Å². The van der Waals surface area contributed by atoms with Gasteiger partial charge in [0, 0.05) is 28.7 Å². The lowest BCUT2D eigenvalue weighted by Crippen LogP contribution is -2.02. The van der Waals surface area contributed by atoms with Gasteiger partial charge in [-0.25, -0.2) is 0 Å². The summed E-state index contributed by atoms with van der Waals surface area (Å²) in [6, 6.07) is 18.2. The van der Waals surface area contributed by atoms with Gasteiger partial charge in [-0.05, 0) is 23.1 Å². The molecular weight excluding hydrogens is 310 g/mol. The van der Waals surface area contributed by atoms with Gasteiger partial charge in [0.2, 0.25) is 0 Å². The lowest BCUT2D eigenvalue weighted by molar-refractivity contribution is 0.354. The van der Waals surface area contributed by atoms with Crippen LogP contribution in [-0.4, -0.2) is 14.2 Å². The number of methoxy groups -OCH3 is 2. The maximum atomic E-state index is 6.35. The van der Waals surface area contributed by atoms with E-state index in [9.17, 15) is 0 Å². The molecule has 0 saturated heterocycles. The van der Waals surface area contributed by atoms with Crippen molar-refractivity contribution < 1.29 is 9.47 Å². The van der Waals surface area contributed by atoms with Gasteiger partial charge < -0.3 is 14.8 Å². The molecular formula is C19H18ClNO2. The van der Waals surface area contributed by atoms with E-state index in [0.717, 1.165) is 11.3 Å². The minimum absolute atomic E-state index is 0.604. The normalized spacial score (nSPS) is 10.6. The Hall–Kier alpha value is -2.39. The van der Waals surface area contributed by atoms with E-state index in [-0.39, 0.29) is 0 Å². The van der Waals surface area contributed by atoms with Crippen LogP contribution in [0.4, 0.5) is 5.69 Å². The molecule has 0 unspecified atom stereocenters. The third kappa shape index (κ3) is 3.20. The molecule has 3 aromatic rings. The molecule has 4 heteroatoms. The summed E-state index contributed by atoms with van der Waals surface area (Å²) in [5.41, 5.74) is 2.03. The lowest BCUT2D eigenvalue weighted by Gasteiger charge is -2.14. The first kappa shape index (κ1) is 15.5. The zero-order valence-electron chi connectivity index (χ0n) is 13.1. The number of anilines is 1. The number of hydrogen-bond acceptors (Lipinski definition) is 3. The fourth-order valence-electron chi connectivity index (χ4n) is 2.60. The predicted molar refractivity (Wildman–Crippen MR) is 95.8 cm³/mol. The van der Waals surface area contributed by atoms with Gasteiger partial charge in [0.25, 0.3) is 0 Å². The molecule has 3 rings (SSSR count). The molecule has 3 nitrogen and oxygen atoms in total. The molecule has 3 aromatic carbocycles. The predicted octanol–water partition coefficient (Wildman–Crippen LogP) is 5.12. The first-order chi connectivity index (χ1) is 11.2. The Kier molecular flexibility index (Phi) is 4.58. The van der Waals surface area contributed by atoms with Crippen LogP contribution in [0.25, 0.3) is 10.8 Å². The van der Waals surface area contributed by atoms with E-state index < -0.39 is 0 Å². The third-order valence-corrected chi connectivity index (χ3v) is 4.16. The summed E-state index contributed by atoms with van der Waals surface area (Å²) in [4.78, 5) is 0. The van der Waals surface area contributed by atoms with Gasteiger partial charge in [0.1, 0.15) is 0 Å². The van der Waals surface area contributed by atoms with Crippen molar-refractivity contribution >= 4 is 28.1 Å². The van der Waals surface area contributed by atoms with Gasteiger partial charge in [-0.2, -0.15) is 0 Å². The Bertz CT molecular complexity index is 827. The van der Waals surface area contributed by atoms with Gasteiger partial charge in [-0.3, -0.25) is 0 Å². The Balaban J connectivity index is 1.88. The second-order valence-electron chi connectivity index (χ2n) is 5.18. The number of ether oxygens (including phenoxy) is 2. The molecule has 1 N–H and O–H groups in total. The van der Waals surface area contributed by atoms with Crippen molar-refractivity contribution in [2.24, 2.45) is 0 Å². The van der Waals surface area contributed by atoms with E-state index in [4.69, 9.17) is 21.1 Å². The monoisotopic (exact) mass is 327 g/mol. The molecule has 0 fully saturated rings. The highest BCUT2D eigenvalue weighted by molar-refractivity contribution is 6.31. The Morgan fingerprint density at radius 1 is 0.913 bits per heavy atom. The lowest BCUT2D eigenvalue weighted by atomic mass is 10.1. The van der Waals surface area contributed by atoms with Crippen LogP contribution >= 0.6 is 11.6 Å². The number of benzene rings is 3. The van der Waals surface area contributed by atoms with Crippen LogP contribution in [0.3, 0.4) is 0 Å². The molecule has 0 bridgehead atoms. The van der Waals surface area contributed by atoms with E-state index in [1.165, 1.54) is 10.8 Å². The van der Waals surface area contributed by atoms with Crippen molar-refractivity contribution in [3.05, 3.63) is 65.2 Å². The van der Waals surface area contributed by atoms with Crippen molar-refractivity contribution in [1.29, 1.82) is 0 Å². The molecule has 0 heterocycles. The first-order valence-corrected chi connectivity index (χ1v) is 7.72. The maximum Gasteiger partial charge on any atom is 0.162 e. The largest absolute Gasteiger partial charge is 0.493 e. The number of rotatable bonds is 5. The molecule has 0 spiro atoms. The van der Waals surface area contributed by atoms with Crippen LogP contribution in [0.5, 0.6) is 11.5 Å². The highest BCUT2D eigenvalue weighted by Gasteiger charge is 2.10. The smallest absolute Gasteiger partial charge is 0.162 e. The number of hydrogen-bond donors (Lipinski definition) is 1. The van der Waals surface area contributed by atoms with Crippen LogP contribution in [-0.2, 0) is 6.54 Å². The average Bonchev–Trinajstić information content (AvgIpc) is 2.60. The summed E-state index contributed by atoms with van der Waals surface area (Å²) in [6.07, 6.45) is 0. The Morgan fingerprint density at radius 3 is 2.39 bits per heavy atom. The second kappa shape index (κ2) is 6.80. The summed E-state index contributed by atoms with van der Waals surface area (Å²) >= 11 is 6.35. The molecule has 0 aliphatic rings. The molecule has 0 saturated carbocycles. The van der Waals surface area contributed by atoms with Crippen LogP contribution in [0.15, 0.2) is 54.6 Å². The van der Waals surface area contributed by atoms with Crippen molar-refractivity contribution in [2.45, 2.75) is 6.54 Å². The summed E-state index contributed by atoms with van der Waals surface area (Å²) < 4.78 is 10.6. The van der Waals surface area contributed by atoms with Gasteiger partial charge in [-0.1, -0.05) is 48.0 Å². The summed E-state index contributed by atoms with van der Waals surface area (Å²) in [6.45, 7) is 0.604. The van der Waals surface area contributed by atoms with Crippen molar-refractivity contribution in [3.63, 3.8) is 0 Å². The zero-order valence-corrected chi connectivity index (χ0v) is 13.9. The third-order valence-electron chi connectivity index (χ3n) is 3.81. The first-order valence-electron chi connectivity index (χ1n) is 7.35. The van der Waals surface area contributed by atoms with Crippen LogP contribution in [0.1, 0.15) is 5.56 Å². The zero-order chi connectivity index (χ0) is 16.2. The van der Waals surface area contributed by atoms with Gasteiger partial charge >= 0.3 is 0 Å². The van der Waals surface area contributed by atoms with Gasteiger partial charge in [-0.15, -0.1) is 0 Å². The highest BCUT2D eigenvalue weighted by Crippen LogP contribution is 2.33. The van der Waals surface area contributed by atoms with E-state index >= 15 is 0 Å². The Morgan fingerprint density at radius 2 is 1.61 bits per heavy atom. The summed E-state index contributed by atoms with van der Waals surface area (Å²) in [5.74, 6) is 1.30. The van der Waals surface area contributed by atoms with Crippen molar-refractivity contribution in [2.75, 3.05) is 19.5 Å². The molecule has 0 aliphatic carbocycles. The minimum atomic E-state index is 0.604. The molecule has 0 radical (unpaired) electrons. The maximum absolute atomic E-state index is 6.35. The second-order valence-corrected chi connectivity index (χ2v) is 5.59. The van der Waals surface area contributed by atoms with Crippen molar-refractivity contribution in [3.8, 4) is 11.5 Å². The molecule has 23 heavy (non-hydrogen) atoms. The Labute approximate surface area is 140 Å². The summed E-state index contributed by atoms with van der Waals surface area (Å²) in [5, 5.41) is 6.49. The molecule has 0 atom stereocenters. The van der Waals surface area contributed by atoms with Gasteiger partial charge in [0.05, 0.1) is 14.2 Å². The van der Waals surface area contributed by atoms with E-state index in [0.29, 0.717) is 23.1 Å². The number of nitrogens with one attached hydrogen (secondary N) is 1. The highest BCUT2D eigenvalue weighted by atomic mass is 35.5. The minimum Gasteiger partial charge on any atom is -0.493 e. The number of halogens is 1. The SMILES string of the molecule is COc1cc(Cl)c(CNc2cccc3ccccc23)cc1OC. The molecule has 0 amide bonds. The van der Waals surface area contributed by atoms with Crippen LogP contribution in [0.2, 0.25) is 5.02 Å². The quantitative estimate of drug-likeness (QED) is 0.705. The van der Waals surface area contributed by atoms with Crippen LogP contribution < -0.4 is 14.8 Å². The topological polar surface area (TPSA) is 30.5 Å². The molecule has 0 aliphatic heterocycles. The van der Waals surface area contributed by atoms with E-state index in [2.05, 4.69) is 29.6 Å². The number of fused-ring (bicyclic) bond motifs is 1. The average molecular weight is 328 g/mol. The standard InChI is InChI=1S/C19H18ClNO2/c1-22-18-10-14(16(20)11-19(18)23-2)12-21-17-9-5-7-13-6-3-4-8-15(13)17/h3-11,21H,12H2,1-2H3. The van der Waals surface area contributed by atoms with E-state index in [1.807, 2.05) is 24.3 Å². The molecule has 118 valence electrons. The molecule has 0 aromatic heterocycles. The van der Waals surface area contributed by atoms with Crippen LogP contribution in [0, 0.1) is 0 Å².